The Kier molecular flexibility index (Phi) is 3.54. The smallest absolute Gasteiger partial charge is 0.246 e. The molecule has 3 N–H and O–H groups in total. The molecule has 0 radical (unpaired) electrons. The Bertz CT molecular complexity index is 1300. The number of rotatable bonds is 1. The van der Waals surface area contributed by atoms with Crippen LogP contribution in [-0.4, -0.2) is 58.1 Å². The van der Waals surface area contributed by atoms with E-state index >= 15 is 0 Å². The van der Waals surface area contributed by atoms with Gasteiger partial charge in [-0.2, -0.15) is 0 Å². The summed E-state index contributed by atoms with van der Waals surface area (Å²) in [7, 11) is 0. The van der Waals surface area contributed by atoms with Crippen LogP contribution in [0.15, 0.2) is 42.5 Å². The monoisotopic (exact) mass is 430 g/mol. The number of piperazine rings is 1. The van der Waals surface area contributed by atoms with E-state index in [9.17, 15) is 9.59 Å². The summed E-state index contributed by atoms with van der Waals surface area (Å²) in [4.78, 5) is 34.4. The minimum Gasteiger partial charge on any atom is -0.454 e. The van der Waals surface area contributed by atoms with Crippen molar-refractivity contribution >= 4 is 22.7 Å². The summed E-state index contributed by atoms with van der Waals surface area (Å²) >= 11 is 0. The molecule has 2 aromatic carbocycles. The number of nitrogens with zero attached hydrogens (tertiary/aromatic N) is 2. The Morgan fingerprint density at radius 2 is 1.84 bits per heavy atom. The molecule has 8 heteroatoms. The highest BCUT2D eigenvalue weighted by molar-refractivity contribution is 6.00. The van der Waals surface area contributed by atoms with Crippen molar-refractivity contribution in [2.45, 2.75) is 37.0 Å². The summed E-state index contributed by atoms with van der Waals surface area (Å²) in [6, 6.07) is 12.2. The summed E-state index contributed by atoms with van der Waals surface area (Å²) in [6.07, 6.45) is 0.991. The molecule has 3 aromatic rings. The molecule has 0 bridgehead atoms. The summed E-state index contributed by atoms with van der Waals surface area (Å²) in [5, 5.41) is 1.09. The Morgan fingerprint density at radius 3 is 2.75 bits per heavy atom. The fourth-order valence-corrected chi connectivity index (χ4v) is 5.89. The summed E-state index contributed by atoms with van der Waals surface area (Å²) < 4.78 is 11.1. The van der Waals surface area contributed by atoms with Crippen molar-refractivity contribution in [3.63, 3.8) is 0 Å². The largest absolute Gasteiger partial charge is 0.454 e. The molecule has 1 aromatic heterocycles. The van der Waals surface area contributed by atoms with Crippen LogP contribution in [0.1, 0.15) is 29.3 Å². The first-order valence-electron chi connectivity index (χ1n) is 11.0. The van der Waals surface area contributed by atoms with E-state index in [4.69, 9.17) is 15.2 Å². The van der Waals surface area contributed by atoms with Crippen molar-refractivity contribution < 1.29 is 19.1 Å². The maximum absolute atomic E-state index is 13.8. The average molecular weight is 430 g/mol. The quantitative estimate of drug-likeness (QED) is 0.612. The lowest BCUT2D eigenvalue weighted by molar-refractivity contribution is -0.162. The molecule has 32 heavy (non-hydrogen) atoms. The van der Waals surface area contributed by atoms with E-state index in [2.05, 4.69) is 11.1 Å². The lowest BCUT2D eigenvalue weighted by Gasteiger charge is -2.48. The fraction of sp³-hybridized carbons (Fsp3) is 0.333. The molecule has 2 amide bonds. The first-order chi connectivity index (χ1) is 15.6. The van der Waals surface area contributed by atoms with Gasteiger partial charge in [-0.3, -0.25) is 9.59 Å². The number of amides is 2. The molecule has 3 unspecified atom stereocenters. The van der Waals surface area contributed by atoms with Gasteiger partial charge in [0.05, 0.1) is 6.04 Å². The number of para-hydroxylation sites is 1. The lowest BCUT2D eigenvalue weighted by atomic mass is 9.85. The molecule has 4 atom stereocenters. The second kappa shape index (κ2) is 6.26. The third-order valence-electron chi connectivity index (χ3n) is 7.28. The van der Waals surface area contributed by atoms with Crippen molar-refractivity contribution in [2.24, 2.45) is 5.73 Å². The minimum absolute atomic E-state index is 0.00998. The Balaban J connectivity index is 1.45. The van der Waals surface area contributed by atoms with Gasteiger partial charge in [0.25, 0.3) is 0 Å². The number of hydrogen-bond acceptors (Lipinski definition) is 5. The van der Waals surface area contributed by atoms with E-state index in [1.807, 2.05) is 36.4 Å². The number of fused-ring (bicyclic) bond motifs is 6. The predicted molar refractivity (Wildman–Crippen MR) is 115 cm³/mol. The fourth-order valence-electron chi connectivity index (χ4n) is 5.89. The van der Waals surface area contributed by atoms with Gasteiger partial charge in [0.15, 0.2) is 11.5 Å². The third-order valence-corrected chi connectivity index (χ3v) is 7.28. The van der Waals surface area contributed by atoms with E-state index in [0.717, 1.165) is 27.7 Å². The molecule has 7 rings (SSSR count). The standard InChI is InChI=1S/C24H22N4O4/c25-13-8-17-24(30)28-18(23(29)27(17)10-13)9-15-14-3-1-2-4-16(14)26-21(15)22(28)12-5-6-19-20(7-12)32-11-31-19/h1-7,13,17-18,22,26H,8-11,25H2/t13?,17?,18?,22-/m1/s1. The number of hydrogen-bond donors (Lipinski definition) is 2. The molecular formula is C24H22N4O4. The van der Waals surface area contributed by atoms with Gasteiger partial charge in [-0.1, -0.05) is 24.3 Å². The molecule has 2 saturated heterocycles. The van der Waals surface area contributed by atoms with Crippen LogP contribution in [0, 0.1) is 0 Å². The molecule has 2 fully saturated rings. The molecule has 5 heterocycles. The molecule has 0 aliphatic carbocycles. The first-order valence-corrected chi connectivity index (χ1v) is 11.0. The van der Waals surface area contributed by atoms with Crippen molar-refractivity contribution in [1.82, 2.24) is 14.8 Å². The van der Waals surface area contributed by atoms with Gasteiger partial charge in [0.2, 0.25) is 18.6 Å². The Morgan fingerprint density at radius 1 is 1.00 bits per heavy atom. The van der Waals surface area contributed by atoms with E-state index in [0.29, 0.717) is 30.9 Å². The minimum atomic E-state index is -0.550. The normalized spacial score (nSPS) is 28.2. The van der Waals surface area contributed by atoms with E-state index in [1.54, 1.807) is 9.80 Å². The van der Waals surface area contributed by atoms with E-state index in [-0.39, 0.29) is 24.6 Å². The van der Waals surface area contributed by atoms with Crippen LogP contribution in [0.4, 0.5) is 0 Å². The van der Waals surface area contributed by atoms with Crippen molar-refractivity contribution in [1.29, 1.82) is 0 Å². The lowest BCUT2D eigenvalue weighted by Crippen LogP contribution is -2.65. The number of nitrogens with two attached hydrogens (primary N) is 1. The SMILES string of the molecule is NC1CC2C(=O)N3C(Cc4c([nH]c5ccccc45)[C@H]3c3ccc4c(c3)OCO4)C(=O)N2C1. The van der Waals surface area contributed by atoms with Gasteiger partial charge in [0, 0.05) is 35.6 Å². The molecule has 4 aliphatic heterocycles. The highest BCUT2D eigenvalue weighted by atomic mass is 16.7. The number of benzene rings is 2. The number of H-pyrrole nitrogens is 1. The average Bonchev–Trinajstić information content (AvgIpc) is 3.52. The number of carbonyl (C=O) groups excluding carboxylic acids is 2. The molecule has 8 nitrogen and oxygen atoms in total. The Labute approximate surface area is 183 Å². The van der Waals surface area contributed by atoms with Crippen LogP contribution in [0.3, 0.4) is 0 Å². The third kappa shape index (κ3) is 2.30. The van der Waals surface area contributed by atoms with E-state index < -0.39 is 18.1 Å². The Hall–Kier alpha value is -3.52. The van der Waals surface area contributed by atoms with Crippen LogP contribution in [-0.2, 0) is 16.0 Å². The number of aromatic amines is 1. The van der Waals surface area contributed by atoms with Crippen molar-refractivity contribution in [3.05, 3.63) is 59.3 Å². The van der Waals surface area contributed by atoms with Crippen LogP contribution in [0.25, 0.3) is 10.9 Å². The van der Waals surface area contributed by atoms with Gasteiger partial charge in [0.1, 0.15) is 12.1 Å². The zero-order valence-electron chi connectivity index (χ0n) is 17.3. The molecule has 4 aliphatic rings. The van der Waals surface area contributed by atoms with E-state index in [1.165, 1.54) is 0 Å². The first kappa shape index (κ1) is 18.1. The van der Waals surface area contributed by atoms with Gasteiger partial charge in [-0.15, -0.1) is 0 Å². The highest BCUT2D eigenvalue weighted by Crippen LogP contribution is 2.46. The van der Waals surface area contributed by atoms with Crippen molar-refractivity contribution in [2.75, 3.05) is 13.3 Å². The maximum atomic E-state index is 13.8. The summed E-state index contributed by atoms with van der Waals surface area (Å²) in [5.74, 6) is 1.30. The van der Waals surface area contributed by atoms with Crippen molar-refractivity contribution in [3.8, 4) is 11.5 Å². The molecule has 0 saturated carbocycles. The summed E-state index contributed by atoms with van der Waals surface area (Å²) in [5.41, 5.74) is 10.1. The zero-order valence-corrected chi connectivity index (χ0v) is 17.3. The number of carbonyl (C=O) groups is 2. The summed E-state index contributed by atoms with van der Waals surface area (Å²) in [6.45, 7) is 0.620. The van der Waals surface area contributed by atoms with Gasteiger partial charge >= 0.3 is 0 Å². The number of nitrogens with one attached hydrogen (secondary N) is 1. The number of aromatic nitrogens is 1. The highest BCUT2D eigenvalue weighted by Gasteiger charge is 2.54. The second-order valence-corrected chi connectivity index (χ2v) is 9.05. The van der Waals surface area contributed by atoms with Crippen LogP contribution in [0.5, 0.6) is 11.5 Å². The predicted octanol–water partition coefficient (Wildman–Crippen LogP) is 1.68. The van der Waals surface area contributed by atoms with Gasteiger partial charge in [-0.25, -0.2) is 0 Å². The van der Waals surface area contributed by atoms with Gasteiger partial charge < -0.3 is 30.0 Å². The molecule has 162 valence electrons. The van der Waals surface area contributed by atoms with Crippen LogP contribution < -0.4 is 15.2 Å². The molecule has 0 spiro atoms. The second-order valence-electron chi connectivity index (χ2n) is 9.05. The van der Waals surface area contributed by atoms with Crippen LogP contribution >= 0.6 is 0 Å². The topological polar surface area (TPSA) is 101 Å². The number of ether oxygens (including phenoxy) is 2. The molecular weight excluding hydrogens is 408 g/mol. The van der Waals surface area contributed by atoms with Crippen LogP contribution in [0.2, 0.25) is 0 Å². The van der Waals surface area contributed by atoms with Gasteiger partial charge in [-0.05, 0) is 35.7 Å². The zero-order chi connectivity index (χ0) is 21.6. The maximum Gasteiger partial charge on any atom is 0.246 e.